The molecular formula is C17H18Cl2N2O4S2. The third kappa shape index (κ3) is 4.01. The Hall–Kier alpha value is -1.16. The second-order valence-electron chi connectivity index (χ2n) is 6.15. The summed E-state index contributed by atoms with van der Waals surface area (Å²) in [6, 6.07) is 10.8. The molecule has 0 N–H and O–H groups in total. The van der Waals surface area contributed by atoms with Gasteiger partial charge in [0, 0.05) is 31.2 Å². The summed E-state index contributed by atoms with van der Waals surface area (Å²) in [4.78, 5) is 0.200. The second-order valence-corrected chi connectivity index (χ2v) is 10.8. The maximum atomic E-state index is 12.9. The Morgan fingerprint density at radius 1 is 0.778 bits per heavy atom. The SMILES string of the molecule is Cc1cc(Cl)ccc1S(=O)(=O)N1CCN(S(=O)(=O)c2ccccc2Cl)CC1. The molecule has 1 aliphatic rings. The summed E-state index contributed by atoms with van der Waals surface area (Å²) in [5.74, 6) is 0. The van der Waals surface area contributed by atoms with E-state index in [1.807, 2.05) is 0 Å². The molecule has 1 aliphatic heterocycles. The van der Waals surface area contributed by atoms with Crippen molar-refractivity contribution in [1.82, 2.24) is 8.61 Å². The first-order valence-electron chi connectivity index (χ1n) is 8.15. The van der Waals surface area contributed by atoms with Crippen LogP contribution in [0.1, 0.15) is 5.56 Å². The van der Waals surface area contributed by atoms with Gasteiger partial charge in [0.05, 0.1) is 9.92 Å². The molecular weight excluding hydrogens is 431 g/mol. The Bertz CT molecular complexity index is 1060. The van der Waals surface area contributed by atoms with Gasteiger partial charge in [0.2, 0.25) is 20.0 Å². The van der Waals surface area contributed by atoms with E-state index in [0.717, 1.165) is 0 Å². The molecule has 1 fully saturated rings. The molecule has 27 heavy (non-hydrogen) atoms. The summed E-state index contributed by atoms with van der Waals surface area (Å²) >= 11 is 11.9. The van der Waals surface area contributed by atoms with E-state index < -0.39 is 20.0 Å². The van der Waals surface area contributed by atoms with Gasteiger partial charge in [-0.05, 0) is 42.8 Å². The van der Waals surface area contributed by atoms with Gasteiger partial charge in [0.1, 0.15) is 4.90 Å². The lowest BCUT2D eigenvalue weighted by Gasteiger charge is -2.33. The van der Waals surface area contributed by atoms with Crippen LogP contribution in [0.4, 0.5) is 0 Å². The number of hydrogen-bond donors (Lipinski definition) is 0. The van der Waals surface area contributed by atoms with E-state index >= 15 is 0 Å². The van der Waals surface area contributed by atoms with Crippen molar-refractivity contribution in [3.05, 3.63) is 58.1 Å². The predicted molar refractivity (Wildman–Crippen MR) is 105 cm³/mol. The fourth-order valence-corrected chi connectivity index (χ4v) is 6.75. The lowest BCUT2D eigenvalue weighted by Crippen LogP contribution is -2.50. The van der Waals surface area contributed by atoms with Gasteiger partial charge in [-0.2, -0.15) is 8.61 Å². The third-order valence-electron chi connectivity index (χ3n) is 4.41. The topological polar surface area (TPSA) is 74.8 Å². The molecule has 2 aromatic rings. The molecule has 0 bridgehead atoms. The smallest absolute Gasteiger partial charge is 0.207 e. The zero-order valence-electron chi connectivity index (χ0n) is 14.5. The van der Waals surface area contributed by atoms with E-state index in [4.69, 9.17) is 23.2 Å². The second kappa shape index (κ2) is 7.69. The molecule has 146 valence electrons. The zero-order valence-corrected chi connectivity index (χ0v) is 17.6. The summed E-state index contributed by atoms with van der Waals surface area (Å²) < 4.78 is 53.9. The van der Waals surface area contributed by atoms with Gasteiger partial charge in [-0.15, -0.1) is 0 Å². The standard InChI is InChI=1S/C17H18Cl2N2O4S2/c1-13-12-14(18)6-7-16(13)26(22,23)20-8-10-21(11-9-20)27(24,25)17-5-3-2-4-15(17)19/h2-7,12H,8-11H2,1H3. The van der Waals surface area contributed by atoms with Crippen molar-refractivity contribution >= 4 is 43.2 Å². The summed E-state index contributed by atoms with van der Waals surface area (Å²) in [6.45, 7) is 1.91. The molecule has 1 saturated heterocycles. The molecule has 10 heteroatoms. The van der Waals surface area contributed by atoms with E-state index in [-0.39, 0.29) is 41.0 Å². The van der Waals surface area contributed by atoms with E-state index in [1.54, 1.807) is 25.1 Å². The van der Waals surface area contributed by atoms with Gasteiger partial charge in [-0.3, -0.25) is 0 Å². The quantitative estimate of drug-likeness (QED) is 0.720. The molecule has 6 nitrogen and oxygen atoms in total. The Morgan fingerprint density at radius 2 is 1.30 bits per heavy atom. The average molecular weight is 449 g/mol. The largest absolute Gasteiger partial charge is 0.244 e. The van der Waals surface area contributed by atoms with Crippen LogP contribution < -0.4 is 0 Å². The Balaban J connectivity index is 1.80. The molecule has 0 aromatic heterocycles. The van der Waals surface area contributed by atoms with Crippen LogP contribution in [0.15, 0.2) is 52.3 Å². The molecule has 2 aromatic carbocycles. The minimum atomic E-state index is -3.78. The van der Waals surface area contributed by atoms with E-state index in [9.17, 15) is 16.8 Å². The van der Waals surface area contributed by atoms with Crippen molar-refractivity contribution in [3.63, 3.8) is 0 Å². The highest BCUT2D eigenvalue weighted by molar-refractivity contribution is 7.89. The lowest BCUT2D eigenvalue weighted by atomic mass is 10.2. The normalized spacial score (nSPS) is 17.1. The maximum Gasteiger partial charge on any atom is 0.244 e. The van der Waals surface area contributed by atoms with Crippen LogP contribution in [0.25, 0.3) is 0 Å². The van der Waals surface area contributed by atoms with Crippen LogP contribution in [-0.4, -0.2) is 51.6 Å². The van der Waals surface area contributed by atoms with Crippen molar-refractivity contribution in [2.24, 2.45) is 0 Å². The summed E-state index contributed by atoms with van der Waals surface area (Å²) in [5, 5.41) is 0.603. The highest BCUT2D eigenvalue weighted by Gasteiger charge is 2.35. The number of rotatable bonds is 4. The molecule has 0 spiro atoms. The van der Waals surface area contributed by atoms with Gasteiger partial charge < -0.3 is 0 Å². The molecule has 1 heterocycles. The summed E-state index contributed by atoms with van der Waals surface area (Å²) in [6.07, 6.45) is 0. The van der Waals surface area contributed by atoms with Gasteiger partial charge in [-0.1, -0.05) is 35.3 Å². The van der Waals surface area contributed by atoms with Gasteiger partial charge in [0.25, 0.3) is 0 Å². The van der Waals surface area contributed by atoms with Crippen LogP contribution >= 0.6 is 23.2 Å². The average Bonchev–Trinajstić information content (AvgIpc) is 2.61. The van der Waals surface area contributed by atoms with Crippen LogP contribution in [0.5, 0.6) is 0 Å². The maximum absolute atomic E-state index is 12.9. The summed E-state index contributed by atoms with van der Waals surface area (Å²) in [5.41, 5.74) is 0.550. The Morgan fingerprint density at radius 3 is 1.81 bits per heavy atom. The van der Waals surface area contributed by atoms with Gasteiger partial charge >= 0.3 is 0 Å². The monoisotopic (exact) mass is 448 g/mol. The van der Waals surface area contributed by atoms with Crippen molar-refractivity contribution in [1.29, 1.82) is 0 Å². The minimum absolute atomic E-state index is 0.0246. The third-order valence-corrected chi connectivity index (χ3v) is 9.10. The van der Waals surface area contributed by atoms with Crippen molar-refractivity contribution in [2.45, 2.75) is 16.7 Å². The van der Waals surface area contributed by atoms with Crippen LogP contribution in [-0.2, 0) is 20.0 Å². The van der Waals surface area contributed by atoms with E-state index in [2.05, 4.69) is 0 Å². The van der Waals surface area contributed by atoms with Crippen LogP contribution in [0, 0.1) is 6.92 Å². The molecule has 0 radical (unpaired) electrons. The predicted octanol–water partition coefficient (Wildman–Crippen LogP) is 3.00. The molecule has 0 unspecified atom stereocenters. The van der Waals surface area contributed by atoms with Crippen molar-refractivity contribution < 1.29 is 16.8 Å². The van der Waals surface area contributed by atoms with E-state index in [1.165, 1.54) is 32.9 Å². The minimum Gasteiger partial charge on any atom is -0.207 e. The van der Waals surface area contributed by atoms with Gasteiger partial charge in [-0.25, -0.2) is 16.8 Å². The molecule has 0 saturated carbocycles. The first kappa shape index (κ1) is 20.6. The lowest BCUT2D eigenvalue weighted by molar-refractivity contribution is 0.272. The number of benzene rings is 2. The number of halogens is 2. The zero-order chi connectivity index (χ0) is 19.8. The number of nitrogens with zero attached hydrogens (tertiary/aromatic N) is 2. The molecule has 3 rings (SSSR count). The van der Waals surface area contributed by atoms with Gasteiger partial charge in [0.15, 0.2) is 0 Å². The Labute approximate surface area is 169 Å². The van der Waals surface area contributed by atoms with Crippen molar-refractivity contribution in [2.75, 3.05) is 26.2 Å². The van der Waals surface area contributed by atoms with Crippen molar-refractivity contribution in [3.8, 4) is 0 Å². The number of aryl methyl sites for hydroxylation is 1. The first-order valence-corrected chi connectivity index (χ1v) is 11.8. The Kier molecular flexibility index (Phi) is 5.86. The fourth-order valence-electron chi connectivity index (χ4n) is 2.98. The molecule has 0 amide bonds. The molecule has 0 atom stereocenters. The molecule has 0 aliphatic carbocycles. The number of piperazine rings is 1. The van der Waals surface area contributed by atoms with Crippen LogP contribution in [0.2, 0.25) is 10.0 Å². The fraction of sp³-hybridized carbons (Fsp3) is 0.294. The highest BCUT2D eigenvalue weighted by atomic mass is 35.5. The number of hydrogen-bond acceptors (Lipinski definition) is 4. The number of sulfonamides is 2. The first-order chi connectivity index (χ1) is 12.6. The van der Waals surface area contributed by atoms with E-state index in [0.29, 0.717) is 10.6 Å². The summed E-state index contributed by atoms with van der Waals surface area (Å²) in [7, 11) is -7.50. The highest BCUT2D eigenvalue weighted by Crippen LogP contribution is 2.27. The van der Waals surface area contributed by atoms with Crippen LogP contribution in [0.3, 0.4) is 0 Å².